The Balaban J connectivity index is 1.81. The normalized spacial score (nSPS) is 17.1. The summed E-state index contributed by atoms with van der Waals surface area (Å²) in [6.45, 7) is 1.84. The SMILES string of the molecule is Oc1cc(-c2nc3ccccc3n2C2COC2)c2c(c1O)OCCC2. The lowest BCUT2D eigenvalue weighted by molar-refractivity contribution is -0.0209. The van der Waals surface area contributed by atoms with Gasteiger partial charge in [-0.1, -0.05) is 12.1 Å². The van der Waals surface area contributed by atoms with E-state index >= 15 is 0 Å². The minimum Gasteiger partial charge on any atom is -0.504 e. The highest BCUT2D eigenvalue weighted by Crippen LogP contribution is 2.47. The maximum absolute atomic E-state index is 10.2. The minimum atomic E-state index is -0.187. The van der Waals surface area contributed by atoms with Gasteiger partial charge in [0.05, 0.1) is 36.9 Å². The Morgan fingerprint density at radius 3 is 2.80 bits per heavy atom. The van der Waals surface area contributed by atoms with Gasteiger partial charge in [0.2, 0.25) is 5.75 Å². The number of aromatic hydroxyl groups is 2. The highest BCUT2D eigenvalue weighted by atomic mass is 16.5. The third-order valence-electron chi connectivity index (χ3n) is 4.98. The van der Waals surface area contributed by atoms with Gasteiger partial charge >= 0.3 is 0 Å². The van der Waals surface area contributed by atoms with Crippen molar-refractivity contribution in [2.24, 2.45) is 0 Å². The Kier molecular flexibility index (Phi) is 3.15. The first-order valence-electron chi connectivity index (χ1n) is 8.49. The molecule has 128 valence electrons. The number of aromatic nitrogens is 2. The molecule has 0 radical (unpaired) electrons. The zero-order chi connectivity index (χ0) is 17.0. The van der Waals surface area contributed by atoms with Crippen LogP contribution < -0.4 is 4.74 Å². The van der Waals surface area contributed by atoms with Gasteiger partial charge in [0.15, 0.2) is 11.5 Å². The number of phenolic OH excluding ortho intramolecular Hbond substituents is 2. The fourth-order valence-electron chi connectivity index (χ4n) is 3.68. The van der Waals surface area contributed by atoms with E-state index in [2.05, 4.69) is 4.57 Å². The fourth-order valence-corrected chi connectivity index (χ4v) is 3.68. The molecule has 3 aromatic rings. The second-order valence-corrected chi connectivity index (χ2v) is 6.54. The lowest BCUT2D eigenvalue weighted by Gasteiger charge is -2.30. The molecule has 25 heavy (non-hydrogen) atoms. The Bertz CT molecular complexity index is 975. The zero-order valence-corrected chi connectivity index (χ0v) is 13.6. The van der Waals surface area contributed by atoms with Crippen LogP contribution in [-0.4, -0.2) is 39.6 Å². The van der Waals surface area contributed by atoms with Gasteiger partial charge in [-0.2, -0.15) is 0 Å². The molecule has 3 heterocycles. The topological polar surface area (TPSA) is 76.7 Å². The molecule has 6 nitrogen and oxygen atoms in total. The lowest BCUT2D eigenvalue weighted by atomic mass is 9.97. The Morgan fingerprint density at radius 2 is 2.00 bits per heavy atom. The van der Waals surface area contributed by atoms with Crippen LogP contribution in [-0.2, 0) is 11.2 Å². The Hall–Kier alpha value is -2.73. The number of hydrogen-bond acceptors (Lipinski definition) is 5. The van der Waals surface area contributed by atoms with Gasteiger partial charge in [-0.15, -0.1) is 0 Å². The van der Waals surface area contributed by atoms with Gasteiger partial charge in [-0.3, -0.25) is 0 Å². The van der Waals surface area contributed by atoms with E-state index in [1.807, 2.05) is 24.3 Å². The Morgan fingerprint density at radius 1 is 1.16 bits per heavy atom. The second kappa shape index (κ2) is 5.39. The Labute approximate surface area is 144 Å². The van der Waals surface area contributed by atoms with Gasteiger partial charge in [-0.25, -0.2) is 4.98 Å². The lowest BCUT2D eigenvalue weighted by Crippen LogP contribution is -2.31. The third kappa shape index (κ3) is 2.10. The van der Waals surface area contributed by atoms with Crippen molar-refractivity contribution in [3.63, 3.8) is 0 Å². The number of benzene rings is 2. The molecule has 2 aliphatic rings. The number of rotatable bonds is 2. The molecule has 1 aromatic heterocycles. The van der Waals surface area contributed by atoms with E-state index in [0.717, 1.165) is 40.8 Å². The first kappa shape index (κ1) is 14.6. The van der Waals surface area contributed by atoms with Gasteiger partial charge < -0.3 is 24.3 Å². The largest absolute Gasteiger partial charge is 0.504 e. The summed E-state index contributed by atoms with van der Waals surface area (Å²) < 4.78 is 13.2. The number of hydrogen-bond donors (Lipinski definition) is 2. The van der Waals surface area contributed by atoms with Gasteiger partial charge in [0.1, 0.15) is 5.82 Å². The number of fused-ring (bicyclic) bond motifs is 2. The van der Waals surface area contributed by atoms with Crippen molar-refractivity contribution < 1.29 is 19.7 Å². The van der Waals surface area contributed by atoms with E-state index in [9.17, 15) is 10.2 Å². The molecule has 1 saturated heterocycles. The van der Waals surface area contributed by atoms with Crippen molar-refractivity contribution in [2.75, 3.05) is 19.8 Å². The molecule has 2 N–H and O–H groups in total. The molecule has 0 bridgehead atoms. The van der Waals surface area contributed by atoms with Crippen LogP contribution in [0.15, 0.2) is 30.3 Å². The quantitative estimate of drug-likeness (QED) is 0.703. The van der Waals surface area contributed by atoms with Crippen molar-refractivity contribution in [1.82, 2.24) is 9.55 Å². The van der Waals surface area contributed by atoms with E-state index in [4.69, 9.17) is 14.5 Å². The highest BCUT2D eigenvalue weighted by molar-refractivity contribution is 5.83. The minimum absolute atomic E-state index is 0.181. The molecule has 6 heteroatoms. The summed E-state index contributed by atoms with van der Waals surface area (Å²) in [4.78, 5) is 4.82. The highest BCUT2D eigenvalue weighted by Gasteiger charge is 2.30. The molecular formula is C19H18N2O4. The predicted octanol–water partition coefficient (Wildman–Crippen LogP) is 3.01. The standard InChI is InChI=1S/C19H18N2O4/c22-16-8-13(12-4-3-7-25-18(12)17(16)23)19-20-14-5-1-2-6-15(14)21(19)11-9-24-10-11/h1-2,5-6,8,11,22-23H,3-4,7,9-10H2. The maximum Gasteiger partial charge on any atom is 0.200 e. The van der Waals surface area contributed by atoms with Gasteiger partial charge in [0.25, 0.3) is 0 Å². The number of nitrogens with zero attached hydrogens (tertiary/aromatic N) is 2. The predicted molar refractivity (Wildman–Crippen MR) is 92.2 cm³/mol. The van der Waals surface area contributed by atoms with E-state index in [1.165, 1.54) is 0 Å². The van der Waals surface area contributed by atoms with Crippen molar-refractivity contribution >= 4 is 11.0 Å². The molecule has 2 aliphatic heterocycles. The van der Waals surface area contributed by atoms with Crippen LogP contribution in [0.2, 0.25) is 0 Å². The van der Waals surface area contributed by atoms with Crippen LogP contribution in [0.5, 0.6) is 17.2 Å². The van der Waals surface area contributed by atoms with E-state index in [-0.39, 0.29) is 17.5 Å². The van der Waals surface area contributed by atoms with Gasteiger partial charge in [0, 0.05) is 11.1 Å². The number of para-hydroxylation sites is 2. The van der Waals surface area contributed by atoms with Crippen molar-refractivity contribution in [1.29, 1.82) is 0 Å². The summed E-state index contributed by atoms with van der Waals surface area (Å²) in [6, 6.07) is 9.81. The molecule has 0 spiro atoms. The van der Waals surface area contributed by atoms with Crippen molar-refractivity contribution in [3.8, 4) is 28.6 Å². The van der Waals surface area contributed by atoms with Crippen LogP contribution in [0.3, 0.4) is 0 Å². The summed E-state index contributed by atoms with van der Waals surface area (Å²) in [5.74, 6) is 0.795. The third-order valence-corrected chi connectivity index (χ3v) is 4.98. The molecule has 0 aliphatic carbocycles. The summed E-state index contributed by atoms with van der Waals surface area (Å²) in [6.07, 6.45) is 1.65. The van der Waals surface area contributed by atoms with E-state index in [1.54, 1.807) is 6.07 Å². The van der Waals surface area contributed by atoms with Crippen molar-refractivity contribution in [2.45, 2.75) is 18.9 Å². The molecular weight excluding hydrogens is 320 g/mol. The number of phenols is 2. The maximum atomic E-state index is 10.2. The van der Waals surface area contributed by atoms with Crippen LogP contribution in [0.1, 0.15) is 18.0 Å². The van der Waals surface area contributed by atoms with Crippen LogP contribution >= 0.6 is 0 Å². The van der Waals surface area contributed by atoms with Crippen molar-refractivity contribution in [3.05, 3.63) is 35.9 Å². The average Bonchev–Trinajstić information content (AvgIpc) is 2.96. The first-order valence-corrected chi connectivity index (χ1v) is 8.49. The first-order chi connectivity index (χ1) is 12.2. The smallest absolute Gasteiger partial charge is 0.200 e. The molecule has 2 aromatic carbocycles. The molecule has 5 rings (SSSR count). The monoisotopic (exact) mass is 338 g/mol. The number of ether oxygens (including phenoxy) is 2. The number of imidazole rings is 1. The van der Waals surface area contributed by atoms with E-state index in [0.29, 0.717) is 25.6 Å². The molecule has 0 atom stereocenters. The van der Waals surface area contributed by atoms with Crippen LogP contribution in [0.25, 0.3) is 22.4 Å². The average molecular weight is 338 g/mol. The summed E-state index contributed by atoms with van der Waals surface area (Å²) >= 11 is 0. The fraction of sp³-hybridized carbons (Fsp3) is 0.316. The molecule has 0 unspecified atom stereocenters. The zero-order valence-electron chi connectivity index (χ0n) is 13.6. The molecule has 1 fully saturated rings. The summed E-state index contributed by atoms with van der Waals surface area (Å²) in [5, 5.41) is 20.4. The van der Waals surface area contributed by atoms with E-state index < -0.39 is 0 Å². The molecule has 0 amide bonds. The summed E-state index contributed by atoms with van der Waals surface area (Å²) in [5.41, 5.74) is 3.66. The molecule has 0 saturated carbocycles. The van der Waals surface area contributed by atoms with Crippen LogP contribution in [0.4, 0.5) is 0 Å². The summed E-state index contributed by atoms with van der Waals surface area (Å²) in [7, 11) is 0. The van der Waals surface area contributed by atoms with Gasteiger partial charge in [-0.05, 0) is 31.0 Å². The second-order valence-electron chi connectivity index (χ2n) is 6.54. The van der Waals surface area contributed by atoms with Crippen LogP contribution in [0, 0.1) is 0 Å².